The van der Waals surface area contributed by atoms with Crippen LogP contribution in [0.1, 0.15) is 25.0 Å². The SMILES string of the molecule is CCc1cc(NS(=O)(=O)C(C)C(=O)O)ccc1C. The molecule has 0 radical (unpaired) electrons. The third kappa shape index (κ3) is 3.22. The van der Waals surface area contributed by atoms with Crippen molar-refractivity contribution in [1.29, 1.82) is 0 Å². The van der Waals surface area contributed by atoms with Gasteiger partial charge in [-0.2, -0.15) is 0 Å². The highest BCUT2D eigenvalue weighted by molar-refractivity contribution is 7.94. The quantitative estimate of drug-likeness (QED) is 0.855. The summed E-state index contributed by atoms with van der Waals surface area (Å²) in [5, 5.41) is 7.24. The summed E-state index contributed by atoms with van der Waals surface area (Å²) in [5.41, 5.74) is 2.50. The van der Waals surface area contributed by atoms with Crippen LogP contribution in [0.25, 0.3) is 0 Å². The van der Waals surface area contributed by atoms with Crippen LogP contribution in [-0.4, -0.2) is 24.7 Å². The summed E-state index contributed by atoms with van der Waals surface area (Å²) in [7, 11) is -3.90. The van der Waals surface area contributed by atoms with E-state index in [2.05, 4.69) is 4.72 Å². The van der Waals surface area contributed by atoms with Crippen LogP contribution in [0.15, 0.2) is 18.2 Å². The van der Waals surface area contributed by atoms with Crippen molar-refractivity contribution >= 4 is 21.7 Å². The number of carboxylic acid groups (broad SMARTS) is 1. The molecule has 0 saturated carbocycles. The Morgan fingerprint density at radius 3 is 2.56 bits per heavy atom. The van der Waals surface area contributed by atoms with E-state index in [9.17, 15) is 13.2 Å². The molecular formula is C12H17NO4S. The monoisotopic (exact) mass is 271 g/mol. The topological polar surface area (TPSA) is 83.5 Å². The third-order valence-electron chi connectivity index (χ3n) is 2.80. The molecule has 0 saturated heterocycles. The van der Waals surface area contributed by atoms with Crippen molar-refractivity contribution in [3.63, 3.8) is 0 Å². The zero-order valence-corrected chi connectivity index (χ0v) is 11.4. The highest BCUT2D eigenvalue weighted by Gasteiger charge is 2.27. The van der Waals surface area contributed by atoms with E-state index in [4.69, 9.17) is 5.11 Å². The van der Waals surface area contributed by atoms with Crippen molar-refractivity contribution in [3.8, 4) is 0 Å². The number of carboxylic acids is 1. The number of benzene rings is 1. The number of aryl methyl sites for hydroxylation is 2. The first-order valence-corrected chi connectivity index (χ1v) is 7.16. The number of anilines is 1. The van der Waals surface area contributed by atoms with Crippen LogP contribution >= 0.6 is 0 Å². The molecular weight excluding hydrogens is 254 g/mol. The Kier molecular flexibility index (Phi) is 4.34. The van der Waals surface area contributed by atoms with Gasteiger partial charge in [-0.05, 0) is 43.5 Å². The van der Waals surface area contributed by atoms with Crippen molar-refractivity contribution in [2.75, 3.05) is 4.72 Å². The predicted molar refractivity (Wildman–Crippen MR) is 70.2 cm³/mol. The van der Waals surface area contributed by atoms with Crippen LogP contribution in [0.3, 0.4) is 0 Å². The molecule has 1 aromatic carbocycles. The highest BCUT2D eigenvalue weighted by atomic mass is 32.2. The van der Waals surface area contributed by atoms with Gasteiger partial charge in [0.05, 0.1) is 0 Å². The number of nitrogens with one attached hydrogen (secondary N) is 1. The minimum absolute atomic E-state index is 0.394. The molecule has 1 atom stereocenters. The van der Waals surface area contributed by atoms with Crippen molar-refractivity contribution < 1.29 is 18.3 Å². The summed E-state index contributed by atoms with van der Waals surface area (Å²) in [5.74, 6) is -1.37. The summed E-state index contributed by atoms with van der Waals surface area (Å²) in [6.07, 6.45) is 0.788. The molecule has 0 aromatic heterocycles. The molecule has 1 aromatic rings. The molecule has 1 unspecified atom stereocenters. The summed E-state index contributed by atoms with van der Waals surface area (Å²) < 4.78 is 25.8. The van der Waals surface area contributed by atoms with E-state index in [1.807, 2.05) is 19.9 Å². The van der Waals surface area contributed by atoms with Gasteiger partial charge in [-0.25, -0.2) is 8.42 Å². The molecule has 0 spiro atoms. The zero-order valence-electron chi connectivity index (χ0n) is 10.6. The average Bonchev–Trinajstić information content (AvgIpc) is 2.30. The Balaban J connectivity index is 3.01. The Labute approximate surface area is 107 Å². The smallest absolute Gasteiger partial charge is 0.323 e. The van der Waals surface area contributed by atoms with Crippen molar-refractivity contribution in [1.82, 2.24) is 0 Å². The number of rotatable bonds is 5. The van der Waals surface area contributed by atoms with Gasteiger partial charge in [-0.3, -0.25) is 9.52 Å². The molecule has 100 valence electrons. The molecule has 0 aliphatic carbocycles. The summed E-state index contributed by atoms with van der Waals surface area (Å²) >= 11 is 0. The first kappa shape index (κ1) is 14.5. The van der Waals surface area contributed by atoms with Gasteiger partial charge in [0.25, 0.3) is 0 Å². The number of hydrogen-bond donors (Lipinski definition) is 2. The van der Waals surface area contributed by atoms with E-state index in [0.29, 0.717) is 5.69 Å². The van der Waals surface area contributed by atoms with Crippen LogP contribution in [0.5, 0.6) is 0 Å². The molecule has 2 N–H and O–H groups in total. The molecule has 5 nitrogen and oxygen atoms in total. The minimum atomic E-state index is -3.90. The largest absolute Gasteiger partial charge is 0.480 e. The maximum atomic E-state index is 11.7. The second kappa shape index (κ2) is 5.39. The van der Waals surface area contributed by atoms with Gasteiger partial charge in [0.15, 0.2) is 5.25 Å². The Morgan fingerprint density at radius 1 is 1.44 bits per heavy atom. The van der Waals surface area contributed by atoms with E-state index in [1.165, 1.54) is 0 Å². The Morgan fingerprint density at radius 2 is 2.06 bits per heavy atom. The average molecular weight is 271 g/mol. The number of sulfonamides is 1. The van der Waals surface area contributed by atoms with Gasteiger partial charge >= 0.3 is 5.97 Å². The van der Waals surface area contributed by atoms with Crippen molar-refractivity contribution in [2.45, 2.75) is 32.4 Å². The highest BCUT2D eigenvalue weighted by Crippen LogP contribution is 2.18. The van der Waals surface area contributed by atoms with Crippen LogP contribution in [0.2, 0.25) is 0 Å². The molecule has 6 heteroatoms. The van der Waals surface area contributed by atoms with Gasteiger partial charge in [0, 0.05) is 5.69 Å². The first-order valence-electron chi connectivity index (χ1n) is 5.62. The standard InChI is InChI=1S/C12H17NO4S/c1-4-10-7-11(6-5-8(10)2)13-18(16,17)9(3)12(14)15/h5-7,9,13H,4H2,1-3H3,(H,14,15). The van der Waals surface area contributed by atoms with E-state index >= 15 is 0 Å². The third-order valence-corrected chi connectivity index (χ3v) is 4.46. The molecule has 0 bridgehead atoms. The maximum absolute atomic E-state index is 11.7. The maximum Gasteiger partial charge on any atom is 0.323 e. The fraction of sp³-hybridized carbons (Fsp3) is 0.417. The molecule has 1 rings (SSSR count). The second-order valence-electron chi connectivity index (χ2n) is 4.12. The van der Waals surface area contributed by atoms with Gasteiger partial charge in [0.1, 0.15) is 0 Å². The molecule has 0 fully saturated rings. The predicted octanol–water partition coefficient (Wildman–Crippen LogP) is 1.77. The van der Waals surface area contributed by atoms with E-state index in [1.54, 1.807) is 12.1 Å². The molecule has 18 heavy (non-hydrogen) atoms. The lowest BCUT2D eigenvalue weighted by atomic mass is 10.1. The molecule has 0 heterocycles. The van der Waals surface area contributed by atoms with E-state index in [0.717, 1.165) is 24.5 Å². The molecule has 0 aliphatic heterocycles. The Bertz CT molecular complexity index is 551. The summed E-state index contributed by atoms with van der Waals surface area (Å²) in [6, 6.07) is 5.16. The zero-order chi connectivity index (χ0) is 13.9. The minimum Gasteiger partial charge on any atom is -0.480 e. The lowest BCUT2D eigenvalue weighted by molar-refractivity contribution is -0.136. The Hall–Kier alpha value is -1.56. The fourth-order valence-corrected chi connectivity index (χ4v) is 2.40. The van der Waals surface area contributed by atoms with Crippen molar-refractivity contribution in [3.05, 3.63) is 29.3 Å². The summed E-state index contributed by atoms with van der Waals surface area (Å²) in [4.78, 5) is 10.7. The fourth-order valence-electron chi connectivity index (χ4n) is 1.50. The van der Waals surface area contributed by atoms with Crippen molar-refractivity contribution in [2.24, 2.45) is 0 Å². The lowest BCUT2D eigenvalue weighted by Gasteiger charge is -2.13. The van der Waals surface area contributed by atoms with Gasteiger partial charge in [-0.15, -0.1) is 0 Å². The van der Waals surface area contributed by atoms with Gasteiger partial charge in [0.2, 0.25) is 10.0 Å². The molecule has 0 amide bonds. The first-order chi connectivity index (χ1) is 8.27. The van der Waals surface area contributed by atoms with Crippen LogP contribution in [0, 0.1) is 6.92 Å². The number of carbonyl (C=O) groups is 1. The number of hydrogen-bond acceptors (Lipinski definition) is 3. The van der Waals surface area contributed by atoms with Gasteiger partial charge in [-0.1, -0.05) is 13.0 Å². The molecule has 0 aliphatic rings. The normalized spacial score (nSPS) is 13.1. The number of aliphatic carboxylic acids is 1. The van der Waals surface area contributed by atoms with Crippen LogP contribution in [-0.2, 0) is 21.2 Å². The van der Waals surface area contributed by atoms with Gasteiger partial charge < -0.3 is 5.11 Å². The van der Waals surface area contributed by atoms with E-state index in [-0.39, 0.29) is 0 Å². The van der Waals surface area contributed by atoms with Crippen LogP contribution < -0.4 is 4.72 Å². The second-order valence-corrected chi connectivity index (χ2v) is 6.12. The van der Waals surface area contributed by atoms with E-state index < -0.39 is 21.2 Å². The summed E-state index contributed by atoms with van der Waals surface area (Å²) in [6.45, 7) is 5.05. The lowest BCUT2D eigenvalue weighted by Crippen LogP contribution is -2.32. The van der Waals surface area contributed by atoms with Crippen LogP contribution in [0.4, 0.5) is 5.69 Å².